The third-order valence-corrected chi connectivity index (χ3v) is 8.45. The Balaban J connectivity index is 1.08. The highest BCUT2D eigenvalue weighted by atomic mass is 19.1. The summed E-state index contributed by atoms with van der Waals surface area (Å²) >= 11 is 0. The first-order valence-corrected chi connectivity index (χ1v) is 14.9. The lowest BCUT2D eigenvalue weighted by molar-refractivity contribution is -0.0592. The van der Waals surface area contributed by atoms with Crippen LogP contribution in [-0.2, 0) is 24.4 Å². The van der Waals surface area contributed by atoms with Crippen molar-refractivity contribution in [3.63, 3.8) is 0 Å². The van der Waals surface area contributed by atoms with Crippen molar-refractivity contribution in [2.45, 2.75) is 51.0 Å². The van der Waals surface area contributed by atoms with Gasteiger partial charge in [-0.1, -0.05) is 12.1 Å². The molecule has 0 radical (unpaired) electrons. The third-order valence-electron chi connectivity index (χ3n) is 8.45. The summed E-state index contributed by atoms with van der Waals surface area (Å²) in [5, 5.41) is 9.51. The Morgan fingerprint density at radius 1 is 1.05 bits per heavy atom. The van der Waals surface area contributed by atoms with Gasteiger partial charge in [-0.2, -0.15) is 0 Å². The summed E-state index contributed by atoms with van der Waals surface area (Å²) in [6.07, 6.45) is 2.94. The van der Waals surface area contributed by atoms with Crippen LogP contribution in [0.3, 0.4) is 0 Å². The molecular weight excluding hydrogens is 565 g/mol. The van der Waals surface area contributed by atoms with E-state index in [4.69, 9.17) is 19.4 Å². The van der Waals surface area contributed by atoms with Crippen LogP contribution in [0.5, 0.6) is 5.88 Å². The zero-order chi connectivity index (χ0) is 30.8. The summed E-state index contributed by atoms with van der Waals surface area (Å²) in [6, 6.07) is 15.2. The number of carboxylic acid groups (broad SMARTS) is 1. The van der Waals surface area contributed by atoms with Gasteiger partial charge in [0, 0.05) is 49.5 Å². The number of hydrogen-bond donors (Lipinski definition) is 1. The fourth-order valence-electron chi connectivity index (χ4n) is 5.79. The van der Waals surface area contributed by atoms with E-state index in [2.05, 4.69) is 9.47 Å². The molecule has 0 saturated carbocycles. The maximum absolute atomic E-state index is 14.6. The molecule has 2 saturated heterocycles. The average Bonchev–Trinajstić information content (AvgIpc) is 3.34. The number of aromatic carboxylic acids is 1. The topological polar surface area (TPSA) is 110 Å². The predicted octanol–water partition coefficient (Wildman–Crippen LogP) is 4.72. The van der Waals surface area contributed by atoms with Gasteiger partial charge in [-0.25, -0.2) is 19.2 Å². The number of rotatable bonds is 10. The second kappa shape index (κ2) is 12.7. The van der Waals surface area contributed by atoms with Gasteiger partial charge in [-0.05, 0) is 68.8 Å². The number of nitrogens with zero attached hydrogens (tertiary/aromatic N) is 5. The molecule has 2 aliphatic rings. The van der Waals surface area contributed by atoms with E-state index in [0.29, 0.717) is 30.1 Å². The van der Waals surface area contributed by atoms with Crippen molar-refractivity contribution in [3.05, 3.63) is 88.6 Å². The van der Waals surface area contributed by atoms with Gasteiger partial charge in [0.1, 0.15) is 18.2 Å². The Morgan fingerprint density at radius 3 is 2.50 bits per heavy atom. The zero-order valence-electron chi connectivity index (χ0n) is 24.9. The van der Waals surface area contributed by atoms with Crippen LogP contribution in [0.2, 0.25) is 0 Å². The molecular formula is C33H36FN5O5. The van der Waals surface area contributed by atoms with Crippen molar-refractivity contribution in [1.82, 2.24) is 24.3 Å². The molecule has 2 aromatic heterocycles. The number of pyridine rings is 1. The predicted molar refractivity (Wildman–Crippen MR) is 161 cm³/mol. The number of carboxylic acids is 1. The molecule has 6 rings (SSSR count). The highest BCUT2D eigenvalue weighted by Gasteiger charge is 2.26. The van der Waals surface area contributed by atoms with Gasteiger partial charge in [0.05, 0.1) is 35.8 Å². The zero-order valence-corrected chi connectivity index (χ0v) is 24.9. The molecule has 4 heterocycles. The Labute approximate surface area is 255 Å². The average molecular weight is 602 g/mol. The normalized spacial score (nSPS) is 17.4. The Kier molecular flexibility index (Phi) is 8.58. The van der Waals surface area contributed by atoms with Crippen molar-refractivity contribution < 1.29 is 28.6 Å². The van der Waals surface area contributed by atoms with Crippen molar-refractivity contribution in [1.29, 1.82) is 0 Å². The first-order valence-electron chi connectivity index (χ1n) is 14.9. The quantitative estimate of drug-likeness (QED) is 0.278. The second-order valence-corrected chi connectivity index (χ2v) is 11.7. The SMILES string of the molecule is CN(C)C(=O)c1ccc(COc2cccc(C3CCN(Cc4nc5ccc(C(=O)O)cc5n4C[C@@H]4CCO4)CC3)n2)c(F)c1. The van der Waals surface area contributed by atoms with Gasteiger partial charge in [-0.3, -0.25) is 9.69 Å². The van der Waals surface area contributed by atoms with Gasteiger partial charge < -0.3 is 24.0 Å². The van der Waals surface area contributed by atoms with E-state index < -0.39 is 11.8 Å². The number of hydrogen-bond acceptors (Lipinski definition) is 7. The molecule has 2 aliphatic heterocycles. The Bertz CT molecular complexity index is 1680. The van der Waals surface area contributed by atoms with Gasteiger partial charge in [0.15, 0.2) is 0 Å². The maximum atomic E-state index is 14.6. The van der Waals surface area contributed by atoms with Crippen LogP contribution in [0.4, 0.5) is 4.39 Å². The Hall–Kier alpha value is -4.35. The second-order valence-electron chi connectivity index (χ2n) is 11.7. The smallest absolute Gasteiger partial charge is 0.335 e. The number of likely N-dealkylation sites (tertiary alicyclic amines) is 1. The first-order chi connectivity index (χ1) is 21.2. The van der Waals surface area contributed by atoms with Gasteiger partial charge in [0.25, 0.3) is 5.91 Å². The van der Waals surface area contributed by atoms with Crippen LogP contribution in [0, 0.1) is 5.82 Å². The summed E-state index contributed by atoms with van der Waals surface area (Å²) in [5.74, 6) is -0.0827. The molecule has 2 fully saturated rings. The van der Waals surface area contributed by atoms with Gasteiger partial charge in [0.2, 0.25) is 5.88 Å². The molecule has 1 N–H and O–H groups in total. The minimum absolute atomic E-state index is 0.0119. The monoisotopic (exact) mass is 601 g/mol. The molecule has 230 valence electrons. The maximum Gasteiger partial charge on any atom is 0.335 e. The van der Waals surface area contributed by atoms with Crippen molar-refractivity contribution in [3.8, 4) is 5.88 Å². The Morgan fingerprint density at radius 2 is 1.82 bits per heavy atom. The van der Waals surface area contributed by atoms with Gasteiger partial charge in [-0.15, -0.1) is 0 Å². The summed E-state index contributed by atoms with van der Waals surface area (Å²) < 4.78 is 28.3. The lowest BCUT2D eigenvalue weighted by Gasteiger charge is -2.32. The van der Waals surface area contributed by atoms with Crippen LogP contribution < -0.4 is 4.74 Å². The number of imidazole rings is 1. The number of carbonyl (C=O) groups is 2. The largest absolute Gasteiger partial charge is 0.478 e. The number of fused-ring (bicyclic) bond motifs is 1. The molecule has 0 bridgehead atoms. The van der Waals surface area contributed by atoms with Crippen molar-refractivity contribution >= 4 is 22.9 Å². The van der Waals surface area contributed by atoms with E-state index in [1.165, 1.54) is 11.0 Å². The van der Waals surface area contributed by atoms with Crippen LogP contribution in [-0.4, -0.2) is 81.2 Å². The van der Waals surface area contributed by atoms with Crippen molar-refractivity contribution in [2.24, 2.45) is 0 Å². The molecule has 11 heteroatoms. The molecule has 0 unspecified atom stereocenters. The number of carbonyl (C=O) groups excluding carboxylic acids is 1. The third kappa shape index (κ3) is 6.44. The lowest BCUT2D eigenvalue weighted by Crippen LogP contribution is -2.35. The number of amides is 1. The first kappa shape index (κ1) is 29.7. The van der Waals surface area contributed by atoms with E-state index in [9.17, 15) is 19.1 Å². The summed E-state index contributed by atoms with van der Waals surface area (Å²) in [7, 11) is 3.26. The minimum Gasteiger partial charge on any atom is -0.478 e. The number of benzene rings is 2. The molecule has 10 nitrogen and oxygen atoms in total. The van der Waals surface area contributed by atoms with E-state index in [1.807, 2.05) is 12.1 Å². The molecule has 44 heavy (non-hydrogen) atoms. The number of ether oxygens (including phenoxy) is 2. The van der Waals surface area contributed by atoms with E-state index in [-0.39, 0.29) is 30.1 Å². The van der Waals surface area contributed by atoms with E-state index in [1.54, 1.807) is 50.5 Å². The summed E-state index contributed by atoms with van der Waals surface area (Å²) in [4.78, 5) is 37.1. The standard InChI is InChI=1S/C33H36FN5O5/c1-37(2)32(40)22-6-7-24(26(34)16-22)20-44-31-5-3-4-27(36-31)21-10-13-38(14-11-21)19-30-35-28-9-8-23(33(41)42)17-29(28)39(30)18-25-12-15-43-25/h3-9,16-17,21,25H,10-15,18-20H2,1-2H3,(H,41,42)/t25-/m0/s1. The number of piperidine rings is 1. The van der Waals surface area contributed by atoms with Crippen molar-refractivity contribution in [2.75, 3.05) is 33.8 Å². The van der Waals surface area contributed by atoms with E-state index in [0.717, 1.165) is 61.5 Å². The number of halogens is 1. The highest BCUT2D eigenvalue weighted by Crippen LogP contribution is 2.30. The lowest BCUT2D eigenvalue weighted by atomic mass is 9.93. The molecule has 0 aliphatic carbocycles. The molecule has 0 spiro atoms. The van der Waals surface area contributed by atoms with Crippen LogP contribution in [0.15, 0.2) is 54.6 Å². The molecule has 2 aromatic carbocycles. The molecule has 4 aromatic rings. The van der Waals surface area contributed by atoms with Gasteiger partial charge >= 0.3 is 5.97 Å². The fourth-order valence-corrected chi connectivity index (χ4v) is 5.79. The van der Waals surface area contributed by atoms with Crippen LogP contribution in [0.1, 0.15) is 63.0 Å². The fraction of sp³-hybridized carbons (Fsp3) is 0.394. The highest BCUT2D eigenvalue weighted by molar-refractivity contribution is 5.94. The van der Waals surface area contributed by atoms with Crippen LogP contribution in [0.25, 0.3) is 11.0 Å². The number of aromatic nitrogens is 3. The molecule has 1 atom stereocenters. The van der Waals surface area contributed by atoms with E-state index >= 15 is 0 Å². The summed E-state index contributed by atoms with van der Waals surface area (Å²) in [5.41, 5.74) is 3.46. The molecule has 1 amide bonds. The summed E-state index contributed by atoms with van der Waals surface area (Å²) in [6.45, 7) is 3.82. The van der Waals surface area contributed by atoms with Crippen LogP contribution >= 0.6 is 0 Å². The minimum atomic E-state index is -0.953.